The molecule has 26 heavy (non-hydrogen) atoms. The van der Waals surface area contributed by atoms with Gasteiger partial charge < -0.3 is 14.4 Å². The molecule has 0 amide bonds. The van der Waals surface area contributed by atoms with Gasteiger partial charge in [-0.2, -0.15) is 0 Å². The van der Waals surface area contributed by atoms with E-state index in [0.717, 1.165) is 30.3 Å². The van der Waals surface area contributed by atoms with E-state index >= 15 is 0 Å². The zero-order valence-electron chi connectivity index (χ0n) is 16.0. The van der Waals surface area contributed by atoms with Crippen molar-refractivity contribution < 1.29 is 18.6 Å². The van der Waals surface area contributed by atoms with E-state index in [-0.39, 0.29) is 10.5 Å². The topological polar surface area (TPSA) is 68.7 Å². The number of aromatic nitrogens is 1. The van der Waals surface area contributed by atoms with Crippen LogP contribution in [0.25, 0.3) is 0 Å². The van der Waals surface area contributed by atoms with Gasteiger partial charge in [0.15, 0.2) is 0 Å². The van der Waals surface area contributed by atoms with Gasteiger partial charge in [0, 0.05) is 44.7 Å². The molecule has 1 aromatic heterocycles. The van der Waals surface area contributed by atoms with Crippen LogP contribution in [0.5, 0.6) is 0 Å². The van der Waals surface area contributed by atoms with E-state index in [1.807, 2.05) is 33.8 Å². The third-order valence-electron chi connectivity index (χ3n) is 6.66. The lowest BCUT2D eigenvalue weighted by Gasteiger charge is -2.43. The van der Waals surface area contributed by atoms with Crippen molar-refractivity contribution >= 4 is 23.4 Å². The molecule has 0 radical (unpaired) electrons. The zero-order valence-corrected chi connectivity index (χ0v) is 16.8. The quantitative estimate of drug-likeness (QED) is 0.799. The average Bonchev–Trinajstić information content (AvgIpc) is 2.77. The molecule has 2 atom stereocenters. The van der Waals surface area contributed by atoms with E-state index in [4.69, 9.17) is 9.31 Å². The second-order valence-corrected chi connectivity index (χ2v) is 11.0. The lowest BCUT2D eigenvalue weighted by atomic mass is 9.75. The molecule has 0 aliphatic carbocycles. The molecule has 3 aliphatic heterocycles. The number of fused-ring (bicyclic) bond motifs is 2. The molecule has 142 valence electrons. The van der Waals surface area contributed by atoms with Crippen LogP contribution < -0.4 is 5.46 Å². The number of aliphatic hydroxyl groups is 1. The first kappa shape index (κ1) is 18.6. The van der Waals surface area contributed by atoms with Gasteiger partial charge in [-0.25, -0.2) is 0 Å². The monoisotopic (exact) mass is 377 g/mol. The summed E-state index contributed by atoms with van der Waals surface area (Å²) in [5, 5.41) is 11.6. The lowest BCUT2D eigenvalue weighted by Crippen LogP contribution is -2.48. The SMILES string of the molecule is CC1(C)OB(c2cncc(C3(O)CC4CCCC(C3)S4=O)c2)OC1(C)C. The van der Waals surface area contributed by atoms with Crippen molar-refractivity contribution in [3.05, 3.63) is 24.0 Å². The standard InChI is InChI=1S/C19H28BNO4S/c1-17(2)18(3,4)25-20(24-17)14-8-13(11-21-12-14)19(22)9-15-6-5-7-16(10-19)26(15)23/h8,11-12,15-16,22H,5-7,9-10H2,1-4H3. The second-order valence-electron chi connectivity index (χ2n) is 9.04. The van der Waals surface area contributed by atoms with E-state index in [2.05, 4.69) is 4.98 Å². The summed E-state index contributed by atoms with van der Waals surface area (Å²) in [6.45, 7) is 8.09. The van der Waals surface area contributed by atoms with Gasteiger partial charge in [-0.05, 0) is 53.4 Å². The van der Waals surface area contributed by atoms with Gasteiger partial charge >= 0.3 is 7.12 Å². The molecule has 0 saturated carbocycles. The number of pyridine rings is 1. The highest BCUT2D eigenvalue weighted by atomic mass is 32.2. The van der Waals surface area contributed by atoms with Crippen molar-refractivity contribution in [1.29, 1.82) is 0 Å². The number of hydrogen-bond acceptors (Lipinski definition) is 5. The maximum atomic E-state index is 12.5. The molecule has 5 nitrogen and oxygen atoms in total. The fourth-order valence-corrected chi connectivity index (χ4v) is 6.56. The third-order valence-corrected chi connectivity index (χ3v) is 8.78. The summed E-state index contributed by atoms with van der Waals surface area (Å²) in [6.07, 6.45) is 7.57. The van der Waals surface area contributed by atoms with E-state index in [0.29, 0.717) is 12.8 Å². The van der Waals surface area contributed by atoms with Crippen molar-refractivity contribution in [2.24, 2.45) is 0 Å². The molecule has 3 fully saturated rings. The largest absolute Gasteiger partial charge is 0.496 e. The Labute approximate surface area is 158 Å². The van der Waals surface area contributed by atoms with E-state index in [1.165, 1.54) is 0 Å². The summed E-state index contributed by atoms with van der Waals surface area (Å²) in [4.78, 5) is 4.36. The Morgan fingerprint density at radius 1 is 1.12 bits per heavy atom. The maximum absolute atomic E-state index is 12.5. The van der Waals surface area contributed by atoms with E-state index in [1.54, 1.807) is 12.4 Å². The van der Waals surface area contributed by atoms with Crippen LogP contribution in [0.2, 0.25) is 0 Å². The molecule has 1 N–H and O–H groups in total. The van der Waals surface area contributed by atoms with Gasteiger partial charge in [0.25, 0.3) is 0 Å². The van der Waals surface area contributed by atoms with Crippen LogP contribution >= 0.6 is 0 Å². The zero-order chi connectivity index (χ0) is 18.7. The molecule has 2 bridgehead atoms. The van der Waals surface area contributed by atoms with Crippen LogP contribution in [-0.2, 0) is 25.7 Å². The summed E-state index contributed by atoms with van der Waals surface area (Å²) in [6, 6.07) is 1.96. The van der Waals surface area contributed by atoms with Gasteiger partial charge in [-0.1, -0.05) is 12.5 Å². The minimum absolute atomic E-state index is 0.0907. The molecule has 2 unspecified atom stereocenters. The summed E-state index contributed by atoms with van der Waals surface area (Å²) in [7, 11) is -1.31. The normalized spacial score (nSPS) is 38.3. The van der Waals surface area contributed by atoms with Crippen molar-refractivity contribution in [1.82, 2.24) is 4.98 Å². The molecule has 0 aromatic carbocycles. The van der Waals surface area contributed by atoms with E-state index in [9.17, 15) is 9.32 Å². The highest BCUT2D eigenvalue weighted by Crippen LogP contribution is 2.44. The molecular formula is C19H28BNO4S. The van der Waals surface area contributed by atoms with Crippen molar-refractivity contribution in [3.8, 4) is 0 Å². The second kappa shape index (κ2) is 6.13. The van der Waals surface area contributed by atoms with Crippen molar-refractivity contribution in [2.75, 3.05) is 0 Å². The molecule has 4 rings (SSSR count). The lowest BCUT2D eigenvalue weighted by molar-refractivity contribution is 0.00578. The molecule has 7 heteroatoms. The Hall–Kier alpha value is -0.755. The van der Waals surface area contributed by atoms with Crippen LogP contribution in [0.4, 0.5) is 0 Å². The molecule has 0 spiro atoms. The fourth-order valence-electron chi connectivity index (χ4n) is 4.34. The average molecular weight is 377 g/mol. The highest BCUT2D eigenvalue weighted by Gasteiger charge is 2.52. The Bertz CT molecular complexity index is 706. The van der Waals surface area contributed by atoms with Crippen LogP contribution in [0.3, 0.4) is 0 Å². The predicted octanol–water partition coefficient (Wildman–Crippen LogP) is 2.03. The minimum atomic E-state index is -0.962. The molecule has 4 heterocycles. The number of rotatable bonds is 2. The first-order valence-electron chi connectivity index (χ1n) is 9.54. The number of nitrogens with zero attached hydrogens (tertiary/aromatic N) is 1. The van der Waals surface area contributed by atoms with Crippen LogP contribution in [0, 0.1) is 0 Å². The summed E-state index contributed by atoms with van der Waals surface area (Å²) in [5.74, 6) is 0. The van der Waals surface area contributed by atoms with Crippen molar-refractivity contribution in [3.63, 3.8) is 0 Å². The van der Waals surface area contributed by atoms with Crippen LogP contribution in [0.1, 0.15) is 65.4 Å². The molecule has 1 aromatic rings. The molecule has 3 aliphatic rings. The summed E-state index contributed by atoms with van der Waals surface area (Å²) < 4.78 is 24.7. The number of hydrogen-bond donors (Lipinski definition) is 1. The Kier molecular flexibility index (Phi) is 4.38. The smallest absolute Gasteiger partial charge is 0.399 e. The maximum Gasteiger partial charge on any atom is 0.496 e. The first-order chi connectivity index (χ1) is 12.1. The summed E-state index contributed by atoms with van der Waals surface area (Å²) >= 11 is 0. The van der Waals surface area contributed by atoms with Gasteiger partial charge in [0.1, 0.15) is 0 Å². The summed E-state index contributed by atoms with van der Waals surface area (Å²) in [5.41, 5.74) is -0.173. The third kappa shape index (κ3) is 2.97. The minimum Gasteiger partial charge on any atom is -0.399 e. The van der Waals surface area contributed by atoms with E-state index < -0.39 is 34.7 Å². The molecule has 3 saturated heterocycles. The highest BCUT2D eigenvalue weighted by molar-refractivity contribution is 7.86. The molecular weight excluding hydrogens is 349 g/mol. The van der Waals surface area contributed by atoms with Crippen molar-refractivity contribution in [2.45, 2.75) is 87.1 Å². The van der Waals surface area contributed by atoms with Gasteiger partial charge in [0.2, 0.25) is 0 Å². The fraction of sp³-hybridized carbons (Fsp3) is 0.737. The first-order valence-corrected chi connectivity index (χ1v) is 10.8. The predicted molar refractivity (Wildman–Crippen MR) is 103 cm³/mol. The Morgan fingerprint density at radius 2 is 1.69 bits per heavy atom. The Balaban J connectivity index is 1.62. The van der Waals surface area contributed by atoms with Gasteiger partial charge in [0.05, 0.1) is 16.8 Å². The van der Waals surface area contributed by atoms with Crippen LogP contribution in [-0.4, -0.2) is 43.1 Å². The van der Waals surface area contributed by atoms with Gasteiger partial charge in [-0.3, -0.25) is 9.19 Å². The van der Waals surface area contributed by atoms with Crippen LogP contribution in [0.15, 0.2) is 18.5 Å². The van der Waals surface area contributed by atoms with Gasteiger partial charge in [-0.15, -0.1) is 0 Å². The Morgan fingerprint density at radius 3 is 2.27 bits per heavy atom.